The lowest BCUT2D eigenvalue weighted by molar-refractivity contribution is -0.137. The maximum atomic E-state index is 13.1. The molecule has 0 bridgehead atoms. The number of hydrogen-bond donors (Lipinski definition) is 2. The highest BCUT2D eigenvalue weighted by Crippen LogP contribution is 2.35. The van der Waals surface area contributed by atoms with Crippen molar-refractivity contribution >= 4 is 46.0 Å². The third kappa shape index (κ3) is 9.12. The van der Waals surface area contributed by atoms with Crippen molar-refractivity contribution < 1.29 is 22.8 Å². The van der Waals surface area contributed by atoms with E-state index in [1.165, 1.54) is 17.4 Å². The molecule has 0 unspecified atom stereocenters. The molecular weight excluding hydrogens is 575 g/mol. The van der Waals surface area contributed by atoms with Crippen LogP contribution in [0.1, 0.15) is 56.8 Å². The van der Waals surface area contributed by atoms with Gasteiger partial charge < -0.3 is 15.1 Å². The fourth-order valence-electron chi connectivity index (χ4n) is 4.11. The second-order valence-corrected chi connectivity index (χ2v) is 10.8. The third-order valence-corrected chi connectivity index (χ3v) is 7.78. The predicted molar refractivity (Wildman–Crippen MR) is 159 cm³/mol. The molecule has 0 atom stereocenters. The summed E-state index contributed by atoms with van der Waals surface area (Å²) < 4.78 is 39.3. The number of rotatable bonds is 12. The lowest BCUT2D eigenvalue weighted by atomic mass is 10.1. The first kappa shape index (κ1) is 32.3. The van der Waals surface area contributed by atoms with Crippen molar-refractivity contribution in [2.45, 2.75) is 33.5 Å². The van der Waals surface area contributed by atoms with Gasteiger partial charge in [-0.05, 0) is 73.4 Å². The molecule has 1 heterocycles. The molecule has 0 aliphatic heterocycles. The largest absolute Gasteiger partial charge is 0.417 e. The van der Waals surface area contributed by atoms with E-state index in [1.54, 1.807) is 18.4 Å². The number of benzene rings is 2. The molecule has 1 aromatic heterocycles. The summed E-state index contributed by atoms with van der Waals surface area (Å²) in [6, 6.07) is 10.6. The van der Waals surface area contributed by atoms with Crippen LogP contribution in [-0.4, -0.2) is 61.1 Å². The Hall–Kier alpha value is -3.25. The zero-order valence-corrected chi connectivity index (χ0v) is 24.9. The monoisotopic (exact) mass is 607 g/mol. The van der Waals surface area contributed by atoms with Gasteiger partial charge in [-0.15, -0.1) is 11.3 Å². The van der Waals surface area contributed by atoms with E-state index in [1.807, 2.05) is 25.2 Å². The summed E-state index contributed by atoms with van der Waals surface area (Å²) in [5, 5.41) is 8.24. The minimum absolute atomic E-state index is 0.108. The predicted octanol–water partition coefficient (Wildman–Crippen LogP) is 6.52. The van der Waals surface area contributed by atoms with Crippen LogP contribution < -0.4 is 10.7 Å². The summed E-state index contributed by atoms with van der Waals surface area (Å²) in [6.07, 6.45) is -3.53. The van der Waals surface area contributed by atoms with Gasteiger partial charge in [0.25, 0.3) is 11.8 Å². The number of amides is 2. The van der Waals surface area contributed by atoms with Gasteiger partial charge in [0.15, 0.2) is 0 Å². The Morgan fingerprint density at radius 3 is 2.49 bits per heavy atom. The molecule has 0 spiro atoms. The number of aryl methyl sites for hydroxylation is 1. The molecular formula is C29H33ClF3N5O2S. The topological polar surface area (TPSA) is 77.0 Å². The number of likely N-dealkylation sites (N-methyl/N-ethyl adjacent to an activating group) is 2. The fourth-order valence-corrected chi connectivity index (χ4v) is 5.27. The Bertz CT molecular complexity index is 1390. The number of anilines is 1. The van der Waals surface area contributed by atoms with E-state index in [-0.39, 0.29) is 17.0 Å². The Balaban J connectivity index is 1.65. The van der Waals surface area contributed by atoms with Crippen LogP contribution in [-0.2, 0) is 12.7 Å². The van der Waals surface area contributed by atoms with Gasteiger partial charge in [-0.1, -0.05) is 43.6 Å². The highest BCUT2D eigenvalue weighted by molar-refractivity contribution is 7.15. The molecule has 7 nitrogen and oxygen atoms in total. The van der Waals surface area contributed by atoms with Crippen molar-refractivity contribution in [1.29, 1.82) is 0 Å². The summed E-state index contributed by atoms with van der Waals surface area (Å²) in [5.41, 5.74) is 3.72. The molecule has 0 fully saturated rings. The molecule has 220 valence electrons. The van der Waals surface area contributed by atoms with Crippen LogP contribution in [0.2, 0.25) is 5.02 Å². The Morgan fingerprint density at radius 1 is 1.07 bits per heavy atom. The molecule has 0 aliphatic carbocycles. The highest BCUT2D eigenvalue weighted by atomic mass is 35.5. The van der Waals surface area contributed by atoms with E-state index in [0.717, 1.165) is 50.1 Å². The molecule has 12 heteroatoms. The molecule has 3 rings (SSSR count). The van der Waals surface area contributed by atoms with E-state index in [9.17, 15) is 22.8 Å². The van der Waals surface area contributed by atoms with E-state index in [0.29, 0.717) is 22.7 Å². The van der Waals surface area contributed by atoms with Gasteiger partial charge >= 0.3 is 6.18 Å². The van der Waals surface area contributed by atoms with Crippen LogP contribution in [0, 0.1) is 6.92 Å². The Morgan fingerprint density at radius 2 is 1.80 bits per heavy atom. The number of nitrogens with zero attached hydrogens (tertiary/aromatic N) is 3. The van der Waals surface area contributed by atoms with Gasteiger partial charge in [0.2, 0.25) is 0 Å². The van der Waals surface area contributed by atoms with Crippen molar-refractivity contribution in [2.75, 3.05) is 38.5 Å². The summed E-state index contributed by atoms with van der Waals surface area (Å²) in [5.74, 6) is -0.971. The van der Waals surface area contributed by atoms with Crippen molar-refractivity contribution in [2.24, 2.45) is 5.10 Å². The number of thiophene rings is 1. The van der Waals surface area contributed by atoms with Crippen molar-refractivity contribution in [3.8, 4) is 0 Å². The molecule has 2 aromatic carbocycles. The SMILES string of the molecule is CCN(CC)CCN(C)Cc1cccc(C(=O)Nc2scc(C)c2C(=O)NN=Cc2ccc(Cl)c(C(F)(F)F)c2)c1. The molecule has 2 N–H and O–H groups in total. The zero-order valence-electron chi connectivity index (χ0n) is 23.3. The first-order chi connectivity index (χ1) is 19.4. The van der Waals surface area contributed by atoms with Crippen LogP contribution in [0.15, 0.2) is 52.9 Å². The number of carbonyl (C=O) groups is 2. The van der Waals surface area contributed by atoms with Crippen LogP contribution in [0.3, 0.4) is 0 Å². The van der Waals surface area contributed by atoms with E-state index < -0.39 is 22.7 Å². The zero-order chi connectivity index (χ0) is 30.2. The van der Waals surface area contributed by atoms with E-state index in [2.05, 4.69) is 39.5 Å². The van der Waals surface area contributed by atoms with E-state index >= 15 is 0 Å². The van der Waals surface area contributed by atoms with Gasteiger partial charge in [-0.3, -0.25) is 9.59 Å². The highest BCUT2D eigenvalue weighted by Gasteiger charge is 2.33. The number of alkyl halides is 3. The molecule has 0 saturated heterocycles. The van der Waals surface area contributed by atoms with Gasteiger partial charge in [-0.2, -0.15) is 18.3 Å². The third-order valence-electron chi connectivity index (χ3n) is 6.44. The average molecular weight is 608 g/mol. The van der Waals surface area contributed by atoms with Gasteiger partial charge in [0.1, 0.15) is 5.00 Å². The van der Waals surface area contributed by atoms with Gasteiger partial charge in [0, 0.05) is 25.2 Å². The molecule has 3 aromatic rings. The number of halogens is 4. The molecule has 0 saturated carbocycles. The number of nitrogens with one attached hydrogen (secondary N) is 2. The first-order valence-electron chi connectivity index (χ1n) is 13.0. The minimum Gasteiger partial charge on any atom is -0.313 e. The maximum absolute atomic E-state index is 13.1. The summed E-state index contributed by atoms with van der Waals surface area (Å²) >= 11 is 6.84. The second kappa shape index (κ2) is 14.6. The van der Waals surface area contributed by atoms with E-state index in [4.69, 9.17) is 11.6 Å². The van der Waals surface area contributed by atoms with Crippen LogP contribution in [0.5, 0.6) is 0 Å². The van der Waals surface area contributed by atoms with Gasteiger partial charge in [0.05, 0.1) is 22.4 Å². The smallest absolute Gasteiger partial charge is 0.313 e. The summed E-state index contributed by atoms with van der Waals surface area (Å²) in [7, 11) is 2.04. The number of hydrazone groups is 1. The van der Waals surface area contributed by atoms with Crippen molar-refractivity contribution in [3.63, 3.8) is 0 Å². The summed E-state index contributed by atoms with van der Waals surface area (Å²) in [4.78, 5) is 30.5. The minimum atomic E-state index is -4.62. The Labute approximate surface area is 247 Å². The molecule has 0 aliphatic rings. The standard InChI is InChI=1S/C29H33ClF3N5O2S/c1-5-38(6-2)13-12-37(4)17-21-8-7-9-22(14-21)26(39)35-28-25(19(3)18-41-28)27(40)36-34-16-20-10-11-24(30)23(15-20)29(31,32)33/h7-11,14-16,18H,5-6,12-13,17H2,1-4H3,(H,35,39)(H,36,40). The molecule has 41 heavy (non-hydrogen) atoms. The van der Waals surface area contributed by atoms with Gasteiger partial charge in [-0.25, -0.2) is 5.43 Å². The normalized spacial score (nSPS) is 12.0. The quantitative estimate of drug-likeness (QED) is 0.182. The fraction of sp³-hybridized carbons (Fsp3) is 0.345. The maximum Gasteiger partial charge on any atom is 0.417 e. The molecule has 0 radical (unpaired) electrons. The number of hydrogen-bond acceptors (Lipinski definition) is 6. The molecule has 2 amide bonds. The summed E-state index contributed by atoms with van der Waals surface area (Å²) in [6.45, 7) is 10.5. The van der Waals surface area contributed by atoms with Crippen LogP contribution in [0.4, 0.5) is 18.2 Å². The van der Waals surface area contributed by atoms with Crippen LogP contribution >= 0.6 is 22.9 Å². The lowest BCUT2D eigenvalue weighted by Crippen LogP contribution is -2.32. The average Bonchev–Trinajstić information content (AvgIpc) is 3.29. The van der Waals surface area contributed by atoms with Crippen molar-refractivity contribution in [3.05, 3.63) is 86.2 Å². The second-order valence-electron chi connectivity index (χ2n) is 9.48. The lowest BCUT2D eigenvalue weighted by Gasteiger charge is -2.23. The number of carbonyl (C=O) groups excluding carboxylic acids is 2. The first-order valence-corrected chi connectivity index (χ1v) is 14.3. The van der Waals surface area contributed by atoms with Crippen molar-refractivity contribution in [1.82, 2.24) is 15.2 Å². The van der Waals surface area contributed by atoms with Crippen LogP contribution in [0.25, 0.3) is 0 Å². The Kier molecular flexibility index (Phi) is 11.5.